The number of benzene rings is 1. The van der Waals surface area contributed by atoms with Crippen molar-refractivity contribution in [2.24, 2.45) is 51.2 Å². The average molecular weight is 783 g/mol. The molecule has 4 fully saturated rings. The largest absolute Gasteiger partial charge is 0.480 e. The quantitative estimate of drug-likeness (QED) is 0.170. The van der Waals surface area contributed by atoms with Gasteiger partial charge in [0.1, 0.15) is 0 Å². The van der Waals surface area contributed by atoms with Gasteiger partial charge in [0.05, 0.1) is 17.5 Å². The molecule has 0 aliphatic heterocycles. The van der Waals surface area contributed by atoms with E-state index in [1.165, 1.54) is 31.3 Å². The van der Waals surface area contributed by atoms with Crippen molar-refractivity contribution >= 4 is 23.4 Å². The minimum atomic E-state index is -0.882. The highest BCUT2D eigenvalue weighted by Gasteiger charge is 2.66. The number of amides is 1. The van der Waals surface area contributed by atoms with Crippen LogP contribution in [0.5, 0.6) is 0 Å². The Balaban J connectivity index is 0.00000135. The molecule has 0 heterocycles. The van der Waals surface area contributed by atoms with Crippen LogP contribution in [0.1, 0.15) is 136 Å². The molecular formula is C50H74N2O5. The van der Waals surface area contributed by atoms with Crippen molar-refractivity contribution in [1.82, 2.24) is 10.2 Å². The highest BCUT2D eigenvalue weighted by molar-refractivity contribution is 5.88. The summed E-state index contributed by atoms with van der Waals surface area (Å²) in [5.74, 6) is 1.47. The number of nitrogens with one attached hydrogen (secondary N) is 1. The van der Waals surface area contributed by atoms with Crippen LogP contribution < -0.4 is 5.32 Å². The standard InChI is InChI=1S/C39H56N2O5.C3H6.C2H6.3C2H2/c1-6-41(24-33(42)43)23-22-40-35(46)39-18-7-8-30(39)27-13-14-32-37(4,29(27)16-21-39)20-17-31-36(2,3)28(15-19-38(31,32)5)25-9-11-26(12-10-25)34(44)45;1-3-2;4*1-2/h9-12,15,27,29-32H,6-8,13-14,16-24H2,1-5H3,(H,40,46)(H,42,43)(H,44,45);3H,1H2,2H3;1-2H3;3*1-2H/t27-,29?,30?,31?,32?,37-,38-,39-;;;;;/m0...../s1. The molecule has 1 aromatic rings. The number of aliphatic carboxylic acids is 1. The molecule has 314 valence electrons. The molecule has 0 radical (unpaired) electrons. The number of hydrogen-bond donors (Lipinski definition) is 3. The third-order valence-corrected chi connectivity index (χ3v) is 14.5. The maximum absolute atomic E-state index is 14.0. The van der Waals surface area contributed by atoms with Crippen molar-refractivity contribution in [3.63, 3.8) is 0 Å². The van der Waals surface area contributed by atoms with Crippen LogP contribution in [0.15, 0.2) is 43.0 Å². The molecule has 5 aliphatic carbocycles. The van der Waals surface area contributed by atoms with E-state index < -0.39 is 11.9 Å². The molecule has 3 N–H and O–H groups in total. The van der Waals surface area contributed by atoms with E-state index >= 15 is 0 Å². The van der Waals surface area contributed by atoms with Crippen LogP contribution in [0.25, 0.3) is 5.57 Å². The van der Waals surface area contributed by atoms with E-state index in [0.29, 0.717) is 54.8 Å². The van der Waals surface area contributed by atoms with E-state index in [2.05, 4.69) is 84.2 Å². The van der Waals surface area contributed by atoms with Gasteiger partial charge >= 0.3 is 11.9 Å². The van der Waals surface area contributed by atoms with Crippen molar-refractivity contribution < 1.29 is 24.6 Å². The number of hydrogen-bond acceptors (Lipinski definition) is 4. The Morgan fingerprint density at radius 3 is 1.98 bits per heavy atom. The number of allylic oxidation sites excluding steroid dienone is 3. The predicted molar refractivity (Wildman–Crippen MR) is 237 cm³/mol. The van der Waals surface area contributed by atoms with Crippen LogP contribution in [0.3, 0.4) is 0 Å². The topological polar surface area (TPSA) is 107 Å². The van der Waals surface area contributed by atoms with E-state index in [9.17, 15) is 24.6 Å². The molecule has 7 heteroatoms. The van der Waals surface area contributed by atoms with Gasteiger partial charge in [-0.15, -0.1) is 45.1 Å². The zero-order valence-electron chi connectivity index (χ0n) is 36.5. The summed E-state index contributed by atoms with van der Waals surface area (Å²) in [6, 6.07) is 7.49. The van der Waals surface area contributed by atoms with Gasteiger partial charge in [-0.2, -0.15) is 0 Å². The second-order valence-electron chi connectivity index (χ2n) is 17.0. The Morgan fingerprint density at radius 1 is 0.842 bits per heavy atom. The molecule has 6 rings (SSSR count). The van der Waals surface area contributed by atoms with Gasteiger partial charge in [0.2, 0.25) is 5.91 Å². The van der Waals surface area contributed by atoms with Gasteiger partial charge in [0.15, 0.2) is 0 Å². The number of carboxylic acid groups (broad SMARTS) is 2. The number of terminal acetylenes is 3. The fraction of sp³-hybridized carbons (Fsp3) is 0.620. The van der Waals surface area contributed by atoms with E-state index in [1.54, 1.807) is 18.2 Å². The maximum Gasteiger partial charge on any atom is 0.335 e. The molecule has 4 saturated carbocycles. The molecule has 57 heavy (non-hydrogen) atoms. The fourth-order valence-corrected chi connectivity index (χ4v) is 12.5. The van der Waals surface area contributed by atoms with Gasteiger partial charge in [0.25, 0.3) is 0 Å². The Morgan fingerprint density at radius 2 is 1.44 bits per heavy atom. The van der Waals surface area contributed by atoms with Crippen LogP contribution in [-0.4, -0.2) is 59.1 Å². The highest BCUT2D eigenvalue weighted by atomic mass is 16.4. The summed E-state index contributed by atoms with van der Waals surface area (Å²) in [6.07, 6.45) is 39.7. The first-order chi connectivity index (χ1) is 27.2. The first-order valence-corrected chi connectivity index (χ1v) is 21.0. The normalized spacial score (nSPS) is 30.9. The van der Waals surface area contributed by atoms with Crippen LogP contribution in [-0.2, 0) is 9.59 Å². The zero-order valence-corrected chi connectivity index (χ0v) is 36.5. The molecule has 0 saturated heterocycles. The van der Waals surface area contributed by atoms with E-state index in [1.807, 2.05) is 44.7 Å². The number of aromatic carboxylic acids is 1. The lowest BCUT2D eigenvalue weighted by atomic mass is 9.36. The van der Waals surface area contributed by atoms with Gasteiger partial charge in [-0.3, -0.25) is 14.5 Å². The summed E-state index contributed by atoms with van der Waals surface area (Å²) in [5.41, 5.74) is 3.10. The molecule has 4 unspecified atom stereocenters. The molecule has 0 aromatic heterocycles. The highest BCUT2D eigenvalue weighted by Crippen LogP contribution is 2.73. The predicted octanol–water partition coefficient (Wildman–Crippen LogP) is 10.3. The number of carbonyl (C=O) groups is 3. The first-order valence-electron chi connectivity index (χ1n) is 21.0. The van der Waals surface area contributed by atoms with Gasteiger partial charge in [-0.05, 0) is 140 Å². The fourth-order valence-electron chi connectivity index (χ4n) is 12.5. The summed E-state index contributed by atoms with van der Waals surface area (Å²) >= 11 is 0. The van der Waals surface area contributed by atoms with E-state index in [0.717, 1.165) is 44.1 Å². The van der Waals surface area contributed by atoms with Crippen molar-refractivity contribution in [1.29, 1.82) is 0 Å². The van der Waals surface area contributed by atoms with Gasteiger partial charge in [-0.25, -0.2) is 4.79 Å². The molecule has 0 spiro atoms. The third-order valence-electron chi connectivity index (χ3n) is 14.5. The smallest absolute Gasteiger partial charge is 0.335 e. The monoisotopic (exact) mass is 783 g/mol. The van der Waals surface area contributed by atoms with Gasteiger partial charge in [-0.1, -0.05) is 79.2 Å². The van der Waals surface area contributed by atoms with E-state index in [4.69, 9.17) is 0 Å². The SMILES string of the molecule is C#C.C#C.C#C.C=CC.CC.CCN(CCNC(=O)[C@]12CCCC1[C@H]1CCC3[C@@](C)(CCC4C(C)(C)C(c5ccc(C(=O)O)cc5)=CC[C@@]43C)C1CC2)CC(=O)O. The molecule has 7 nitrogen and oxygen atoms in total. The molecule has 5 aliphatic rings. The number of carboxylic acids is 2. The number of fused-ring (bicyclic) bond motifs is 7. The minimum Gasteiger partial charge on any atom is -0.480 e. The van der Waals surface area contributed by atoms with Crippen molar-refractivity contribution in [2.75, 3.05) is 26.2 Å². The van der Waals surface area contributed by atoms with Crippen molar-refractivity contribution in [3.8, 4) is 38.5 Å². The van der Waals surface area contributed by atoms with Gasteiger partial charge in [0, 0.05) is 13.1 Å². The number of carbonyl (C=O) groups excluding carboxylic acids is 1. The summed E-state index contributed by atoms with van der Waals surface area (Å²) in [5, 5.41) is 21.9. The molecule has 1 aromatic carbocycles. The number of nitrogens with zero attached hydrogens (tertiary/aromatic N) is 1. The second-order valence-corrected chi connectivity index (χ2v) is 17.0. The third kappa shape index (κ3) is 10.3. The lowest BCUT2D eigenvalue weighted by Crippen LogP contribution is -2.62. The summed E-state index contributed by atoms with van der Waals surface area (Å²) in [7, 11) is 0. The Bertz CT molecular complexity index is 1550. The molecular weight excluding hydrogens is 709 g/mol. The minimum absolute atomic E-state index is 0.000992. The maximum atomic E-state index is 14.0. The van der Waals surface area contributed by atoms with Crippen LogP contribution >= 0.6 is 0 Å². The summed E-state index contributed by atoms with van der Waals surface area (Å²) in [4.78, 5) is 38.5. The van der Waals surface area contributed by atoms with E-state index in [-0.39, 0.29) is 34.1 Å². The summed E-state index contributed by atoms with van der Waals surface area (Å²) in [6.45, 7) is 23.0. The first kappa shape index (κ1) is 50.8. The lowest BCUT2D eigenvalue weighted by Gasteiger charge is -2.68. The summed E-state index contributed by atoms with van der Waals surface area (Å²) < 4.78 is 0. The Labute approximate surface area is 346 Å². The van der Waals surface area contributed by atoms with Crippen LogP contribution in [0.2, 0.25) is 0 Å². The Hall–Kier alpha value is -4.25. The molecule has 1 amide bonds. The lowest BCUT2D eigenvalue weighted by molar-refractivity contribution is -0.181. The van der Waals surface area contributed by atoms with Crippen LogP contribution in [0.4, 0.5) is 0 Å². The molecule has 8 atom stereocenters. The second kappa shape index (κ2) is 22.6. The average Bonchev–Trinajstić information content (AvgIpc) is 3.67. The van der Waals surface area contributed by atoms with Gasteiger partial charge < -0.3 is 15.5 Å². The van der Waals surface area contributed by atoms with Crippen LogP contribution in [0, 0.1) is 89.8 Å². The van der Waals surface area contributed by atoms with Crippen molar-refractivity contribution in [2.45, 2.75) is 120 Å². The molecule has 0 bridgehead atoms. The number of rotatable bonds is 9. The number of likely N-dealkylation sites (N-methyl/N-ethyl adjacent to an activating group) is 1. The zero-order chi connectivity index (χ0) is 43.8. The Kier molecular flexibility index (Phi) is 20.2. The van der Waals surface area contributed by atoms with Crippen molar-refractivity contribution in [3.05, 3.63) is 54.1 Å².